The number of likely N-dealkylation sites (tertiary alicyclic amines) is 1. The van der Waals surface area contributed by atoms with Gasteiger partial charge < -0.3 is 15.0 Å². The highest BCUT2D eigenvalue weighted by molar-refractivity contribution is 7.13. The van der Waals surface area contributed by atoms with Crippen LogP contribution in [0.15, 0.2) is 41.9 Å². The number of hydrogen-bond acceptors (Lipinski definition) is 5. The lowest BCUT2D eigenvalue weighted by molar-refractivity contribution is -0.132. The summed E-state index contributed by atoms with van der Waals surface area (Å²) in [5, 5.41) is 5.14. The molecule has 2 heterocycles. The van der Waals surface area contributed by atoms with Crippen LogP contribution in [0.4, 0.5) is 5.13 Å². The number of amides is 2. The second kappa shape index (κ2) is 9.32. The molecule has 2 aromatic rings. The van der Waals surface area contributed by atoms with E-state index in [0.717, 1.165) is 24.2 Å². The van der Waals surface area contributed by atoms with Crippen molar-refractivity contribution in [3.05, 3.63) is 47.5 Å². The molecule has 0 saturated carbocycles. The van der Waals surface area contributed by atoms with E-state index in [1.165, 1.54) is 17.4 Å². The van der Waals surface area contributed by atoms with Crippen LogP contribution in [0.2, 0.25) is 0 Å². The molecule has 1 aromatic carbocycles. The first-order chi connectivity index (χ1) is 13.2. The molecular weight excluding hydrogens is 362 g/mol. The van der Waals surface area contributed by atoms with Crippen molar-refractivity contribution >= 4 is 34.4 Å². The molecule has 1 atom stereocenters. The van der Waals surface area contributed by atoms with Gasteiger partial charge in [-0.05, 0) is 43.0 Å². The van der Waals surface area contributed by atoms with Crippen LogP contribution in [-0.4, -0.2) is 40.9 Å². The van der Waals surface area contributed by atoms with Crippen molar-refractivity contribution in [1.29, 1.82) is 0 Å². The van der Waals surface area contributed by atoms with Crippen molar-refractivity contribution in [2.75, 3.05) is 18.5 Å². The fourth-order valence-electron chi connectivity index (χ4n) is 2.94. The number of nitrogens with zero attached hydrogens (tertiary/aromatic N) is 2. The standard InChI is InChI=1S/C20H23N3O3S/c1-2-13-26-16-8-5-15(6-9-16)7-10-18(24)23-12-3-4-17(23)19(25)22-20-21-11-14-27-20/h5-11,14,17H,2-4,12-13H2,1H3,(H,21,22,25)/b10-7+. The predicted molar refractivity (Wildman–Crippen MR) is 107 cm³/mol. The minimum Gasteiger partial charge on any atom is -0.494 e. The van der Waals surface area contributed by atoms with E-state index in [4.69, 9.17) is 4.74 Å². The maximum atomic E-state index is 12.6. The van der Waals surface area contributed by atoms with Gasteiger partial charge in [0.15, 0.2) is 5.13 Å². The van der Waals surface area contributed by atoms with Gasteiger partial charge in [-0.3, -0.25) is 9.59 Å². The zero-order chi connectivity index (χ0) is 19.1. The largest absolute Gasteiger partial charge is 0.494 e. The summed E-state index contributed by atoms with van der Waals surface area (Å²) < 4.78 is 5.55. The Morgan fingerprint density at radius 1 is 1.37 bits per heavy atom. The molecule has 1 aromatic heterocycles. The van der Waals surface area contributed by atoms with Crippen molar-refractivity contribution < 1.29 is 14.3 Å². The Morgan fingerprint density at radius 3 is 2.89 bits per heavy atom. The molecule has 1 fully saturated rings. The molecule has 7 heteroatoms. The quantitative estimate of drug-likeness (QED) is 0.740. The molecule has 1 saturated heterocycles. The first-order valence-electron chi connectivity index (χ1n) is 9.09. The number of nitrogens with one attached hydrogen (secondary N) is 1. The average Bonchev–Trinajstić information content (AvgIpc) is 3.37. The highest BCUT2D eigenvalue weighted by atomic mass is 32.1. The summed E-state index contributed by atoms with van der Waals surface area (Å²) in [6, 6.07) is 7.15. The Kier molecular flexibility index (Phi) is 6.59. The van der Waals surface area contributed by atoms with Crippen molar-refractivity contribution in [2.45, 2.75) is 32.2 Å². The highest BCUT2D eigenvalue weighted by Gasteiger charge is 2.33. The molecule has 142 valence electrons. The maximum Gasteiger partial charge on any atom is 0.248 e. The summed E-state index contributed by atoms with van der Waals surface area (Å²) in [7, 11) is 0. The fourth-order valence-corrected chi connectivity index (χ4v) is 3.47. The zero-order valence-electron chi connectivity index (χ0n) is 15.3. The van der Waals surface area contributed by atoms with Crippen LogP contribution in [-0.2, 0) is 9.59 Å². The summed E-state index contributed by atoms with van der Waals surface area (Å²) in [5.74, 6) is 0.485. The second-order valence-corrected chi connectivity index (χ2v) is 7.16. The number of hydrogen-bond donors (Lipinski definition) is 1. The van der Waals surface area contributed by atoms with E-state index in [0.29, 0.717) is 24.7 Å². The third-order valence-electron chi connectivity index (χ3n) is 4.27. The molecule has 0 radical (unpaired) electrons. The Labute approximate surface area is 162 Å². The SMILES string of the molecule is CCCOc1ccc(/C=C/C(=O)N2CCCC2C(=O)Nc2nccs2)cc1. The molecule has 2 amide bonds. The number of anilines is 1. The molecule has 0 spiro atoms. The number of carbonyl (C=O) groups excluding carboxylic acids is 2. The van der Waals surface area contributed by atoms with E-state index in [2.05, 4.69) is 17.2 Å². The molecule has 3 rings (SSSR count). The summed E-state index contributed by atoms with van der Waals surface area (Å²) >= 11 is 1.36. The molecule has 27 heavy (non-hydrogen) atoms. The van der Waals surface area contributed by atoms with Crippen molar-refractivity contribution in [1.82, 2.24) is 9.88 Å². The minimum absolute atomic E-state index is 0.155. The van der Waals surface area contributed by atoms with E-state index in [1.54, 1.807) is 22.6 Å². The first-order valence-corrected chi connectivity index (χ1v) is 9.97. The monoisotopic (exact) mass is 385 g/mol. The molecule has 0 bridgehead atoms. The first kappa shape index (κ1) is 19.1. The molecule has 1 N–H and O–H groups in total. The topological polar surface area (TPSA) is 71.5 Å². The van der Waals surface area contributed by atoms with Crippen LogP contribution >= 0.6 is 11.3 Å². The normalized spacial score (nSPS) is 16.6. The van der Waals surface area contributed by atoms with E-state index in [1.807, 2.05) is 24.3 Å². The molecule has 6 nitrogen and oxygen atoms in total. The van der Waals surface area contributed by atoms with Crippen LogP contribution in [0.5, 0.6) is 5.75 Å². The minimum atomic E-state index is -0.448. The van der Waals surface area contributed by atoms with E-state index >= 15 is 0 Å². The number of carbonyl (C=O) groups is 2. The smallest absolute Gasteiger partial charge is 0.248 e. The average molecular weight is 385 g/mol. The van der Waals surface area contributed by atoms with Crippen LogP contribution < -0.4 is 10.1 Å². The lowest BCUT2D eigenvalue weighted by Crippen LogP contribution is -2.42. The third kappa shape index (κ3) is 5.17. The highest BCUT2D eigenvalue weighted by Crippen LogP contribution is 2.21. The lowest BCUT2D eigenvalue weighted by atomic mass is 10.2. The molecular formula is C20H23N3O3S. The third-order valence-corrected chi connectivity index (χ3v) is 4.96. The van der Waals surface area contributed by atoms with Crippen molar-refractivity contribution in [3.8, 4) is 5.75 Å². The van der Waals surface area contributed by atoms with Gasteiger partial charge in [-0.15, -0.1) is 11.3 Å². The Balaban J connectivity index is 1.58. The van der Waals surface area contributed by atoms with Crippen molar-refractivity contribution in [2.24, 2.45) is 0 Å². The van der Waals surface area contributed by atoms with Gasteiger partial charge in [0.25, 0.3) is 0 Å². The fraction of sp³-hybridized carbons (Fsp3) is 0.350. The molecule has 1 unspecified atom stereocenters. The van der Waals surface area contributed by atoms with Gasteiger partial charge >= 0.3 is 0 Å². The molecule has 1 aliphatic heterocycles. The molecule has 1 aliphatic rings. The van der Waals surface area contributed by atoms with Gasteiger partial charge in [-0.1, -0.05) is 19.1 Å². The maximum absolute atomic E-state index is 12.6. The number of aromatic nitrogens is 1. The predicted octanol–water partition coefficient (Wildman–Crippen LogP) is 3.57. The summed E-state index contributed by atoms with van der Waals surface area (Å²) in [6.45, 7) is 3.33. The van der Waals surface area contributed by atoms with Gasteiger partial charge in [0.1, 0.15) is 11.8 Å². The summed E-state index contributed by atoms with van der Waals surface area (Å²) in [5.41, 5.74) is 0.912. The van der Waals surface area contributed by atoms with E-state index < -0.39 is 6.04 Å². The second-order valence-electron chi connectivity index (χ2n) is 6.27. The lowest BCUT2D eigenvalue weighted by Gasteiger charge is -2.22. The van der Waals surface area contributed by atoms with Gasteiger partial charge in [-0.2, -0.15) is 0 Å². The van der Waals surface area contributed by atoms with E-state index in [-0.39, 0.29) is 11.8 Å². The molecule has 0 aliphatic carbocycles. The number of benzene rings is 1. The van der Waals surface area contributed by atoms with Crippen LogP contribution in [0.1, 0.15) is 31.7 Å². The Morgan fingerprint density at radius 2 is 2.19 bits per heavy atom. The van der Waals surface area contributed by atoms with Gasteiger partial charge in [0, 0.05) is 24.2 Å². The Hall–Kier alpha value is -2.67. The summed E-state index contributed by atoms with van der Waals surface area (Å²) in [4.78, 5) is 30.7. The number of rotatable bonds is 7. The van der Waals surface area contributed by atoms with Crippen molar-refractivity contribution in [3.63, 3.8) is 0 Å². The van der Waals surface area contributed by atoms with Gasteiger partial charge in [-0.25, -0.2) is 4.98 Å². The number of ether oxygens (including phenoxy) is 1. The number of thiazole rings is 1. The Bertz CT molecular complexity index is 787. The van der Waals surface area contributed by atoms with Crippen LogP contribution in [0.25, 0.3) is 6.08 Å². The van der Waals surface area contributed by atoms with Crippen LogP contribution in [0, 0.1) is 0 Å². The van der Waals surface area contributed by atoms with Gasteiger partial charge in [0.2, 0.25) is 11.8 Å². The van der Waals surface area contributed by atoms with Crippen LogP contribution in [0.3, 0.4) is 0 Å². The van der Waals surface area contributed by atoms with E-state index in [9.17, 15) is 9.59 Å². The zero-order valence-corrected chi connectivity index (χ0v) is 16.1. The summed E-state index contributed by atoms with van der Waals surface area (Å²) in [6.07, 6.45) is 7.37. The van der Waals surface area contributed by atoms with Gasteiger partial charge in [0.05, 0.1) is 6.61 Å².